The SMILES string of the molecule is CC(Nc1ccc(Cl)c([N+](=O)[O-])c1)C(=O)O. The lowest BCUT2D eigenvalue weighted by atomic mass is 10.2. The summed E-state index contributed by atoms with van der Waals surface area (Å²) in [6.07, 6.45) is 0. The summed E-state index contributed by atoms with van der Waals surface area (Å²) >= 11 is 5.60. The van der Waals surface area contributed by atoms with E-state index in [2.05, 4.69) is 5.32 Å². The Morgan fingerprint density at radius 2 is 2.25 bits per heavy atom. The number of hydrogen-bond donors (Lipinski definition) is 2. The summed E-state index contributed by atoms with van der Waals surface area (Å²) < 4.78 is 0. The van der Waals surface area contributed by atoms with Gasteiger partial charge in [-0.2, -0.15) is 0 Å². The highest BCUT2D eigenvalue weighted by atomic mass is 35.5. The van der Waals surface area contributed by atoms with Gasteiger partial charge in [0.15, 0.2) is 0 Å². The highest BCUT2D eigenvalue weighted by Gasteiger charge is 2.15. The van der Waals surface area contributed by atoms with E-state index in [9.17, 15) is 14.9 Å². The molecular weight excluding hydrogens is 236 g/mol. The third-order valence-corrected chi connectivity index (χ3v) is 2.22. The van der Waals surface area contributed by atoms with Gasteiger partial charge in [0.25, 0.3) is 5.69 Å². The van der Waals surface area contributed by atoms with E-state index in [1.54, 1.807) is 0 Å². The number of carboxylic acids is 1. The van der Waals surface area contributed by atoms with E-state index in [1.165, 1.54) is 25.1 Å². The summed E-state index contributed by atoms with van der Waals surface area (Å²) in [6.45, 7) is 1.43. The van der Waals surface area contributed by atoms with Gasteiger partial charge in [-0.3, -0.25) is 14.9 Å². The minimum absolute atomic E-state index is 0.0125. The van der Waals surface area contributed by atoms with Crippen LogP contribution in [0.25, 0.3) is 0 Å². The van der Waals surface area contributed by atoms with Gasteiger partial charge in [-0.15, -0.1) is 0 Å². The van der Waals surface area contributed by atoms with E-state index in [1.807, 2.05) is 0 Å². The number of hydrogen-bond acceptors (Lipinski definition) is 4. The molecular formula is C9H9ClN2O4. The predicted molar refractivity (Wildman–Crippen MR) is 58.8 cm³/mol. The number of carboxylic acid groups (broad SMARTS) is 1. The number of halogens is 1. The van der Waals surface area contributed by atoms with Crippen molar-refractivity contribution in [2.45, 2.75) is 13.0 Å². The number of benzene rings is 1. The fraction of sp³-hybridized carbons (Fsp3) is 0.222. The van der Waals surface area contributed by atoms with Crippen LogP contribution in [0, 0.1) is 10.1 Å². The highest BCUT2D eigenvalue weighted by Crippen LogP contribution is 2.27. The molecule has 0 aliphatic carbocycles. The van der Waals surface area contributed by atoms with Crippen LogP contribution >= 0.6 is 11.6 Å². The Kier molecular flexibility index (Phi) is 3.68. The molecule has 0 spiro atoms. The van der Waals surface area contributed by atoms with Crippen LogP contribution in [0.2, 0.25) is 5.02 Å². The van der Waals surface area contributed by atoms with Gasteiger partial charge >= 0.3 is 5.97 Å². The molecule has 16 heavy (non-hydrogen) atoms. The summed E-state index contributed by atoms with van der Waals surface area (Å²) in [4.78, 5) is 20.5. The fourth-order valence-electron chi connectivity index (χ4n) is 1.05. The van der Waals surface area contributed by atoms with E-state index >= 15 is 0 Å². The summed E-state index contributed by atoms with van der Waals surface area (Å²) in [5.41, 5.74) is 0.0789. The molecule has 1 rings (SSSR count). The molecule has 2 N–H and O–H groups in total. The molecule has 0 saturated carbocycles. The van der Waals surface area contributed by atoms with E-state index in [-0.39, 0.29) is 10.7 Å². The van der Waals surface area contributed by atoms with Crippen LogP contribution < -0.4 is 5.32 Å². The van der Waals surface area contributed by atoms with Gasteiger partial charge in [0, 0.05) is 11.8 Å². The van der Waals surface area contributed by atoms with Crippen LogP contribution in [0.5, 0.6) is 0 Å². The zero-order chi connectivity index (χ0) is 12.3. The molecule has 0 aliphatic rings. The maximum atomic E-state index is 10.6. The molecule has 0 fully saturated rings. The molecule has 7 heteroatoms. The smallest absolute Gasteiger partial charge is 0.325 e. The van der Waals surface area contributed by atoms with Crippen molar-refractivity contribution in [1.29, 1.82) is 0 Å². The second kappa shape index (κ2) is 4.80. The predicted octanol–water partition coefficient (Wildman–Crippen LogP) is 2.13. The number of nitro groups is 1. The Morgan fingerprint density at radius 1 is 1.62 bits per heavy atom. The van der Waals surface area contributed by atoms with Crippen molar-refractivity contribution >= 4 is 28.9 Å². The quantitative estimate of drug-likeness (QED) is 0.625. The van der Waals surface area contributed by atoms with Gasteiger partial charge < -0.3 is 10.4 Å². The van der Waals surface area contributed by atoms with Crippen molar-refractivity contribution in [3.05, 3.63) is 33.3 Å². The van der Waals surface area contributed by atoms with Crippen LogP contribution in [-0.2, 0) is 4.79 Å². The largest absolute Gasteiger partial charge is 0.480 e. The van der Waals surface area contributed by atoms with Gasteiger partial charge in [-0.25, -0.2) is 0 Å². The molecule has 0 amide bonds. The Labute approximate surface area is 96.0 Å². The molecule has 0 saturated heterocycles. The first kappa shape index (κ1) is 12.3. The third-order valence-electron chi connectivity index (χ3n) is 1.90. The second-order valence-corrected chi connectivity index (χ2v) is 3.53. The minimum atomic E-state index is -1.04. The molecule has 1 atom stereocenters. The van der Waals surface area contributed by atoms with Gasteiger partial charge in [-0.05, 0) is 19.1 Å². The average molecular weight is 245 g/mol. The zero-order valence-electron chi connectivity index (χ0n) is 8.31. The van der Waals surface area contributed by atoms with E-state index in [4.69, 9.17) is 16.7 Å². The Hall–Kier alpha value is -1.82. The first-order chi connectivity index (χ1) is 7.41. The molecule has 1 aromatic rings. The van der Waals surface area contributed by atoms with Crippen LogP contribution in [0.1, 0.15) is 6.92 Å². The van der Waals surface area contributed by atoms with Gasteiger partial charge in [0.2, 0.25) is 0 Å². The molecule has 0 aliphatic heterocycles. The molecule has 0 aromatic heterocycles. The van der Waals surface area contributed by atoms with Crippen LogP contribution in [0.3, 0.4) is 0 Å². The minimum Gasteiger partial charge on any atom is -0.480 e. The molecule has 86 valence electrons. The van der Waals surface area contributed by atoms with Gasteiger partial charge in [-0.1, -0.05) is 11.6 Å². The van der Waals surface area contributed by atoms with Crippen molar-refractivity contribution < 1.29 is 14.8 Å². The number of nitrogens with one attached hydrogen (secondary N) is 1. The third kappa shape index (κ3) is 2.83. The van der Waals surface area contributed by atoms with Crippen LogP contribution in [-0.4, -0.2) is 22.0 Å². The summed E-state index contributed by atoms with van der Waals surface area (Å²) in [6, 6.07) is 3.19. The van der Waals surface area contributed by atoms with E-state index in [0.29, 0.717) is 5.69 Å². The normalized spacial score (nSPS) is 11.9. The molecule has 0 radical (unpaired) electrons. The summed E-state index contributed by atoms with van der Waals surface area (Å²) in [5, 5.41) is 21.8. The van der Waals surface area contributed by atoms with Crippen LogP contribution in [0.15, 0.2) is 18.2 Å². The molecule has 1 aromatic carbocycles. The maximum Gasteiger partial charge on any atom is 0.325 e. The number of rotatable bonds is 4. The fourth-order valence-corrected chi connectivity index (χ4v) is 1.24. The number of anilines is 1. The monoisotopic (exact) mass is 244 g/mol. The Morgan fingerprint density at radius 3 is 2.75 bits per heavy atom. The topological polar surface area (TPSA) is 92.5 Å². The lowest BCUT2D eigenvalue weighted by Gasteiger charge is -2.10. The second-order valence-electron chi connectivity index (χ2n) is 3.13. The van der Waals surface area contributed by atoms with Crippen molar-refractivity contribution in [3.8, 4) is 0 Å². The maximum absolute atomic E-state index is 10.6. The highest BCUT2D eigenvalue weighted by molar-refractivity contribution is 6.32. The lowest BCUT2D eigenvalue weighted by Crippen LogP contribution is -2.25. The van der Waals surface area contributed by atoms with Crippen molar-refractivity contribution in [2.75, 3.05) is 5.32 Å². The van der Waals surface area contributed by atoms with Gasteiger partial charge in [0.05, 0.1) is 4.92 Å². The van der Waals surface area contributed by atoms with Crippen LogP contribution in [0.4, 0.5) is 11.4 Å². The van der Waals surface area contributed by atoms with Gasteiger partial charge in [0.1, 0.15) is 11.1 Å². The first-order valence-corrected chi connectivity index (χ1v) is 4.73. The number of nitro benzene ring substituents is 1. The van der Waals surface area contributed by atoms with Crippen molar-refractivity contribution in [1.82, 2.24) is 0 Å². The zero-order valence-corrected chi connectivity index (χ0v) is 9.06. The molecule has 6 nitrogen and oxygen atoms in total. The Balaban J connectivity index is 2.95. The molecule has 0 bridgehead atoms. The van der Waals surface area contributed by atoms with Crippen molar-refractivity contribution in [2.24, 2.45) is 0 Å². The standard InChI is InChI=1S/C9H9ClN2O4/c1-5(9(13)14)11-6-2-3-7(10)8(4-6)12(15)16/h2-5,11H,1H3,(H,13,14). The first-order valence-electron chi connectivity index (χ1n) is 4.35. The van der Waals surface area contributed by atoms with E-state index < -0.39 is 16.9 Å². The van der Waals surface area contributed by atoms with E-state index in [0.717, 1.165) is 0 Å². The summed E-state index contributed by atoms with van der Waals surface area (Å²) in [7, 11) is 0. The van der Waals surface area contributed by atoms with Crippen molar-refractivity contribution in [3.63, 3.8) is 0 Å². The number of carbonyl (C=O) groups is 1. The lowest BCUT2D eigenvalue weighted by molar-refractivity contribution is -0.384. The summed E-state index contributed by atoms with van der Waals surface area (Å²) in [5.74, 6) is -1.04. The number of nitrogens with zero attached hydrogens (tertiary/aromatic N) is 1. The average Bonchev–Trinajstić information content (AvgIpc) is 2.20. The number of aliphatic carboxylic acids is 1. The molecule has 0 heterocycles. The Bertz CT molecular complexity index is 436. The molecule has 1 unspecified atom stereocenters.